The van der Waals surface area contributed by atoms with E-state index in [1.54, 1.807) is 13.8 Å². The quantitative estimate of drug-likeness (QED) is 0.555. The molecule has 0 unspecified atom stereocenters. The van der Waals surface area contributed by atoms with Crippen molar-refractivity contribution in [1.29, 1.82) is 0 Å². The molecule has 0 saturated carbocycles. The Kier molecular flexibility index (Phi) is 2.11. The van der Waals surface area contributed by atoms with E-state index in [1.165, 1.54) is 0 Å². The van der Waals surface area contributed by atoms with Crippen LogP contribution in [0.5, 0.6) is 0 Å². The minimum absolute atomic E-state index is 0.174. The summed E-state index contributed by atoms with van der Waals surface area (Å²) in [5, 5.41) is 10.4. The number of nitrogens with one attached hydrogen (secondary N) is 4. The van der Waals surface area contributed by atoms with E-state index in [9.17, 15) is 9.59 Å². The van der Waals surface area contributed by atoms with Crippen molar-refractivity contribution in [3.05, 3.63) is 43.2 Å². The van der Waals surface area contributed by atoms with Crippen LogP contribution in [0.4, 0.5) is 0 Å². The first-order chi connectivity index (χ1) is 7.09. The summed E-state index contributed by atoms with van der Waals surface area (Å²) in [5.41, 5.74) is 2.38. The largest absolute Gasteiger partial charge is 0.302 e. The third-order valence-electron chi connectivity index (χ3n) is 2.53. The maximum atomic E-state index is 11.4. The summed E-state index contributed by atoms with van der Waals surface area (Å²) < 4.78 is 0. The Morgan fingerprint density at radius 3 is 1.47 bits per heavy atom. The molecule has 4 N–H and O–H groups in total. The number of aromatic nitrogens is 4. The molecule has 6 nitrogen and oxygen atoms in total. The normalized spacial score (nSPS) is 10.8. The lowest BCUT2D eigenvalue weighted by atomic mass is 10.1. The van der Waals surface area contributed by atoms with Gasteiger partial charge in [0.1, 0.15) is 0 Å². The van der Waals surface area contributed by atoms with Crippen LogP contribution in [-0.4, -0.2) is 20.4 Å². The molecule has 0 atom stereocenters. The van der Waals surface area contributed by atoms with Crippen molar-refractivity contribution in [2.24, 2.45) is 0 Å². The van der Waals surface area contributed by atoms with Crippen LogP contribution < -0.4 is 11.1 Å². The Hall–Kier alpha value is -1.98. The van der Waals surface area contributed by atoms with Crippen LogP contribution in [0.1, 0.15) is 22.5 Å². The Morgan fingerprint density at radius 1 is 0.800 bits per heavy atom. The molecule has 0 spiro atoms. The van der Waals surface area contributed by atoms with E-state index in [0.29, 0.717) is 17.5 Å². The van der Waals surface area contributed by atoms with Crippen molar-refractivity contribution >= 4 is 0 Å². The highest BCUT2D eigenvalue weighted by molar-refractivity contribution is 5.27. The summed E-state index contributed by atoms with van der Waals surface area (Å²) in [6.07, 6.45) is 0.343. The fraction of sp³-hybridized carbons (Fsp3) is 0.333. The van der Waals surface area contributed by atoms with Gasteiger partial charge in [-0.2, -0.15) is 0 Å². The second-order valence-electron chi connectivity index (χ2n) is 3.54. The van der Waals surface area contributed by atoms with Crippen molar-refractivity contribution in [3.8, 4) is 0 Å². The molecule has 0 amide bonds. The second kappa shape index (κ2) is 3.30. The molecule has 2 heterocycles. The molecule has 2 aromatic rings. The molecule has 0 aliphatic rings. The highest BCUT2D eigenvalue weighted by atomic mass is 16.1. The van der Waals surface area contributed by atoms with Crippen LogP contribution in [-0.2, 0) is 6.42 Å². The summed E-state index contributed by atoms with van der Waals surface area (Å²) in [4.78, 5) is 22.8. The lowest BCUT2D eigenvalue weighted by molar-refractivity contribution is 1.02. The molecule has 0 aromatic carbocycles. The van der Waals surface area contributed by atoms with Gasteiger partial charge in [0, 0.05) is 28.9 Å². The first-order valence-corrected chi connectivity index (χ1v) is 4.62. The highest BCUT2D eigenvalue weighted by Gasteiger charge is 2.12. The number of hydrogen-bond acceptors (Lipinski definition) is 2. The molecule has 80 valence electrons. The third kappa shape index (κ3) is 1.54. The van der Waals surface area contributed by atoms with Crippen LogP contribution in [0.2, 0.25) is 0 Å². The van der Waals surface area contributed by atoms with Gasteiger partial charge in [0.05, 0.1) is 0 Å². The van der Waals surface area contributed by atoms with E-state index >= 15 is 0 Å². The average Bonchev–Trinajstić information content (AvgIpc) is 2.67. The number of aromatic amines is 4. The molecular formula is C9H12N4O2. The Morgan fingerprint density at radius 2 is 1.20 bits per heavy atom. The van der Waals surface area contributed by atoms with Gasteiger partial charge in [-0.15, -0.1) is 0 Å². The van der Waals surface area contributed by atoms with Gasteiger partial charge in [-0.3, -0.25) is 19.8 Å². The monoisotopic (exact) mass is 208 g/mol. The molecule has 0 fully saturated rings. The summed E-state index contributed by atoms with van der Waals surface area (Å²) in [7, 11) is 0. The van der Waals surface area contributed by atoms with Gasteiger partial charge in [0.25, 0.3) is 11.1 Å². The average molecular weight is 208 g/mol. The molecule has 0 aliphatic heterocycles. The van der Waals surface area contributed by atoms with Crippen molar-refractivity contribution < 1.29 is 0 Å². The predicted octanol–water partition coefficient (Wildman–Crippen LogP) is -0.0730. The molecule has 6 heteroatoms. The molecule has 0 radical (unpaired) electrons. The van der Waals surface area contributed by atoms with Crippen molar-refractivity contribution in [3.63, 3.8) is 0 Å². The standard InChI is InChI=1S/C9H12N4O2/c1-4-6(8(14)12-10-4)3-7-5(2)11-13-9(7)15/h3H2,1-2H3,(H2,10,12,14)(H2,11,13,15). The number of hydrogen-bond donors (Lipinski definition) is 4. The second-order valence-corrected chi connectivity index (χ2v) is 3.54. The van der Waals surface area contributed by atoms with Crippen LogP contribution in [0.15, 0.2) is 9.59 Å². The molecular weight excluding hydrogens is 196 g/mol. The molecule has 0 saturated heterocycles. The van der Waals surface area contributed by atoms with E-state index in [4.69, 9.17) is 0 Å². The fourth-order valence-corrected chi connectivity index (χ4v) is 1.55. The Bertz CT molecular complexity index is 532. The molecule has 15 heavy (non-hydrogen) atoms. The molecule has 0 aliphatic carbocycles. The lowest BCUT2D eigenvalue weighted by Crippen LogP contribution is -2.12. The van der Waals surface area contributed by atoms with Gasteiger partial charge in [0.2, 0.25) is 0 Å². The van der Waals surface area contributed by atoms with E-state index in [1.807, 2.05) is 0 Å². The van der Waals surface area contributed by atoms with Gasteiger partial charge in [-0.1, -0.05) is 0 Å². The van der Waals surface area contributed by atoms with Crippen LogP contribution in [0.25, 0.3) is 0 Å². The topological polar surface area (TPSA) is 97.3 Å². The lowest BCUT2D eigenvalue weighted by Gasteiger charge is -1.95. The number of aryl methyl sites for hydroxylation is 2. The van der Waals surface area contributed by atoms with E-state index in [-0.39, 0.29) is 11.1 Å². The van der Waals surface area contributed by atoms with Crippen molar-refractivity contribution in [1.82, 2.24) is 20.4 Å². The highest BCUT2D eigenvalue weighted by Crippen LogP contribution is 2.06. The number of H-pyrrole nitrogens is 4. The first-order valence-electron chi connectivity index (χ1n) is 4.62. The zero-order chi connectivity index (χ0) is 11.0. The fourth-order valence-electron chi connectivity index (χ4n) is 1.55. The van der Waals surface area contributed by atoms with Gasteiger partial charge >= 0.3 is 0 Å². The summed E-state index contributed by atoms with van der Waals surface area (Å²) in [6, 6.07) is 0. The van der Waals surface area contributed by atoms with Gasteiger partial charge < -0.3 is 10.2 Å². The third-order valence-corrected chi connectivity index (χ3v) is 2.53. The Labute approximate surface area is 84.7 Å². The maximum Gasteiger partial charge on any atom is 0.267 e. The zero-order valence-corrected chi connectivity index (χ0v) is 8.52. The van der Waals surface area contributed by atoms with Crippen LogP contribution in [0, 0.1) is 13.8 Å². The minimum Gasteiger partial charge on any atom is -0.302 e. The van der Waals surface area contributed by atoms with Gasteiger partial charge in [-0.25, -0.2) is 0 Å². The molecule has 0 bridgehead atoms. The summed E-state index contributed by atoms with van der Waals surface area (Å²) in [6.45, 7) is 3.59. The minimum atomic E-state index is -0.174. The molecule has 2 aromatic heterocycles. The maximum absolute atomic E-state index is 11.4. The first kappa shape index (κ1) is 9.57. The summed E-state index contributed by atoms with van der Waals surface area (Å²) in [5.74, 6) is 0. The van der Waals surface area contributed by atoms with Crippen LogP contribution in [0.3, 0.4) is 0 Å². The van der Waals surface area contributed by atoms with Gasteiger partial charge in [0.15, 0.2) is 0 Å². The molecule has 2 rings (SSSR count). The smallest absolute Gasteiger partial charge is 0.267 e. The summed E-state index contributed by atoms with van der Waals surface area (Å²) >= 11 is 0. The van der Waals surface area contributed by atoms with E-state index < -0.39 is 0 Å². The van der Waals surface area contributed by atoms with Crippen molar-refractivity contribution in [2.45, 2.75) is 20.3 Å². The zero-order valence-electron chi connectivity index (χ0n) is 8.52. The number of rotatable bonds is 2. The van der Waals surface area contributed by atoms with Gasteiger partial charge in [-0.05, 0) is 13.8 Å². The van der Waals surface area contributed by atoms with E-state index in [2.05, 4.69) is 20.4 Å². The van der Waals surface area contributed by atoms with Crippen molar-refractivity contribution in [2.75, 3.05) is 0 Å². The SMILES string of the molecule is Cc1[nH][nH]c(=O)c1Cc1c(C)[nH][nH]c1=O. The van der Waals surface area contributed by atoms with Crippen LogP contribution >= 0.6 is 0 Å². The van der Waals surface area contributed by atoms with E-state index in [0.717, 1.165) is 11.4 Å². The Balaban J connectivity index is 2.46. The predicted molar refractivity (Wildman–Crippen MR) is 55.1 cm³/mol.